The average molecular weight is 205 g/mol. The normalized spacial score (nSPS) is 10.5. The summed E-state index contributed by atoms with van der Waals surface area (Å²) in [5.74, 6) is -0.229. The second kappa shape index (κ2) is 3.73. The van der Waals surface area contributed by atoms with Crippen molar-refractivity contribution in [3.8, 4) is 0 Å². The Kier molecular flexibility index (Phi) is 2.41. The third kappa shape index (κ3) is 2.15. The van der Waals surface area contributed by atoms with E-state index < -0.39 is 0 Å². The summed E-state index contributed by atoms with van der Waals surface area (Å²) in [6.45, 7) is 0. The number of aromatic nitrogens is 2. The van der Waals surface area contributed by atoms with Gasteiger partial charge in [0.2, 0.25) is 0 Å². The van der Waals surface area contributed by atoms with Gasteiger partial charge in [-0.2, -0.15) is 5.10 Å². The first-order valence-electron chi connectivity index (χ1n) is 4.67. The second-order valence-corrected chi connectivity index (χ2v) is 3.51. The lowest BCUT2D eigenvalue weighted by atomic mass is 10.1. The Morgan fingerprint density at radius 2 is 2.00 bits per heavy atom. The summed E-state index contributed by atoms with van der Waals surface area (Å²) in [4.78, 5) is 0. The van der Waals surface area contributed by atoms with E-state index in [4.69, 9.17) is 5.73 Å². The molecule has 0 atom stereocenters. The number of hydrogen-bond donors (Lipinski definition) is 1. The lowest BCUT2D eigenvalue weighted by Crippen LogP contribution is -1.95. The van der Waals surface area contributed by atoms with E-state index in [1.54, 1.807) is 23.0 Å². The van der Waals surface area contributed by atoms with Gasteiger partial charge in [-0.3, -0.25) is 4.68 Å². The highest BCUT2D eigenvalue weighted by Gasteiger charge is 2.05. The van der Waals surface area contributed by atoms with E-state index in [-0.39, 0.29) is 5.82 Å². The van der Waals surface area contributed by atoms with Gasteiger partial charge in [0, 0.05) is 19.7 Å². The van der Waals surface area contributed by atoms with Crippen LogP contribution < -0.4 is 5.73 Å². The molecule has 2 aromatic rings. The highest BCUT2D eigenvalue weighted by molar-refractivity contribution is 5.43. The van der Waals surface area contributed by atoms with E-state index in [9.17, 15) is 4.39 Å². The standard InChI is InChI=1S/C11H12FN3/c1-15-7-10(13)11(14-15)6-8-2-4-9(12)5-3-8/h2-5,7H,6,13H2,1H3. The minimum Gasteiger partial charge on any atom is -0.396 e. The number of nitrogen functional groups attached to an aromatic ring is 1. The maximum Gasteiger partial charge on any atom is 0.123 e. The lowest BCUT2D eigenvalue weighted by molar-refractivity contribution is 0.627. The van der Waals surface area contributed by atoms with Gasteiger partial charge < -0.3 is 5.73 Å². The Balaban J connectivity index is 2.21. The fourth-order valence-corrected chi connectivity index (χ4v) is 1.49. The SMILES string of the molecule is Cn1cc(N)c(Cc2ccc(F)cc2)n1. The molecular formula is C11H12FN3. The van der Waals surface area contributed by atoms with E-state index in [2.05, 4.69) is 5.10 Å². The van der Waals surface area contributed by atoms with Crippen LogP contribution in [0.1, 0.15) is 11.3 Å². The van der Waals surface area contributed by atoms with Gasteiger partial charge in [-0.15, -0.1) is 0 Å². The van der Waals surface area contributed by atoms with Crippen molar-refractivity contribution in [3.05, 3.63) is 47.5 Å². The number of anilines is 1. The average Bonchev–Trinajstić information content (AvgIpc) is 2.49. The van der Waals surface area contributed by atoms with Crippen LogP contribution >= 0.6 is 0 Å². The largest absolute Gasteiger partial charge is 0.396 e. The summed E-state index contributed by atoms with van der Waals surface area (Å²) < 4.78 is 14.3. The zero-order chi connectivity index (χ0) is 10.8. The van der Waals surface area contributed by atoms with Crippen molar-refractivity contribution in [2.75, 3.05) is 5.73 Å². The van der Waals surface area contributed by atoms with Crippen molar-refractivity contribution in [1.82, 2.24) is 9.78 Å². The van der Waals surface area contributed by atoms with Gasteiger partial charge in [0.15, 0.2) is 0 Å². The number of halogens is 1. The molecule has 0 unspecified atom stereocenters. The molecule has 2 rings (SSSR count). The van der Waals surface area contributed by atoms with Gasteiger partial charge in [-0.05, 0) is 17.7 Å². The van der Waals surface area contributed by atoms with Gasteiger partial charge in [0.05, 0.1) is 11.4 Å². The van der Waals surface area contributed by atoms with E-state index in [1.807, 2.05) is 7.05 Å². The predicted octanol–water partition coefficient (Wildman–Crippen LogP) is 1.73. The summed E-state index contributed by atoms with van der Waals surface area (Å²) in [5.41, 5.74) is 8.25. The molecule has 4 heteroatoms. The topological polar surface area (TPSA) is 43.8 Å². The first-order chi connectivity index (χ1) is 7.15. The Morgan fingerprint density at radius 3 is 2.53 bits per heavy atom. The highest BCUT2D eigenvalue weighted by Crippen LogP contribution is 2.14. The van der Waals surface area contributed by atoms with Crippen molar-refractivity contribution in [3.63, 3.8) is 0 Å². The van der Waals surface area contributed by atoms with Crippen LogP contribution in [0.5, 0.6) is 0 Å². The zero-order valence-corrected chi connectivity index (χ0v) is 8.44. The maximum atomic E-state index is 12.7. The Bertz CT molecular complexity index is 459. The summed E-state index contributed by atoms with van der Waals surface area (Å²) in [5, 5.41) is 4.23. The predicted molar refractivity (Wildman–Crippen MR) is 56.8 cm³/mol. The van der Waals surface area contributed by atoms with E-state index in [0.717, 1.165) is 11.3 Å². The number of nitrogens with two attached hydrogens (primary N) is 1. The third-order valence-corrected chi connectivity index (χ3v) is 2.22. The monoisotopic (exact) mass is 205 g/mol. The molecule has 3 nitrogen and oxygen atoms in total. The first-order valence-corrected chi connectivity index (χ1v) is 4.67. The molecule has 1 heterocycles. The molecule has 0 aliphatic rings. The van der Waals surface area contributed by atoms with Gasteiger partial charge >= 0.3 is 0 Å². The fraction of sp³-hybridized carbons (Fsp3) is 0.182. The van der Waals surface area contributed by atoms with Crippen LogP contribution in [-0.4, -0.2) is 9.78 Å². The van der Waals surface area contributed by atoms with Gasteiger partial charge in [0.25, 0.3) is 0 Å². The molecular weight excluding hydrogens is 193 g/mol. The fourth-order valence-electron chi connectivity index (χ4n) is 1.49. The van der Waals surface area contributed by atoms with Crippen LogP contribution in [0, 0.1) is 5.82 Å². The molecule has 0 saturated heterocycles. The van der Waals surface area contributed by atoms with Crippen LogP contribution in [0.3, 0.4) is 0 Å². The summed E-state index contributed by atoms with van der Waals surface area (Å²) in [7, 11) is 1.82. The number of rotatable bonds is 2. The Hall–Kier alpha value is -1.84. The molecule has 15 heavy (non-hydrogen) atoms. The van der Waals surface area contributed by atoms with Crippen LogP contribution in [-0.2, 0) is 13.5 Å². The van der Waals surface area contributed by atoms with Crippen LogP contribution in [0.15, 0.2) is 30.5 Å². The summed E-state index contributed by atoms with van der Waals surface area (Å²) in [6, 6.07) is 6.36. The molecule has 0 aliphatic carbocycles. The zero-order valence-electron chi connectivity index (χ0n) is 8.44. The smallest absolute Gasteiger partial charge is 0.123 e. The van der Waals surface area contributed by atoms with Gasteiger partial charge in [-0.1, -0.05) is 12.1 Å². The highest BCUT2D eigenvalue weighted by atomic mass is 19.1. The van der Waals surface area contributed by atoms with Crippen molar-refractivity contribution in [2.45, 2.75) is 6.42 Å². The molecule has 1 aromatic heterocycles. The first kappa shape index (κ1) is 9.71. The number of nitrogens with zero attached hydrogens (tertiary/aromatic N) is 2. The quantitative estimate of drug-likeness (QED) is 0.811. The second-order valence-electron chi connectivity index (χ2n) is 3.51. The van der Waals surface area contributed by atoms with E-state index >= 15 is 0 Å². The minimum atomic E-state index is -0.229. The Labute approximate surface area is 87.3 Å². The number of hydrogen-bond acceptors (Lipinski definition) is 2. The third-order valence-electron chi connectivity index (χ3n) is 2.22. The molecule has 78 valence electrons. The van der Waals surface area contributed by atoms with Crippen molar-refractivity contribution >= 4 is 5.69 Å². The molecule has 0 spiro atoms. The molecule has 0 radical (unpaired) electrons. The molecule has 1 aromatic carbocycles. The summed E-state index contributed by atoms with van der Waals surface area (Å²) >= 11 is 0. The molecule has 0 fully saturated rings. The van der Waals surface area contributed by atoms with Gasteiger partial charge in [0.1, 0.15) is 5.82 Å². The summed E-state index contributed by atoms with van der Waals surface area (Å²) in [6.07, 6.45) is 2.39. The van der Waals surface area contributed by atoms with Crippen molar-refractivity contribution < 1.29 is 4.39 Å². The molecule has 0 bridgehead atoms. The lowest BCUT2D eigenvalue weighted by Gasteiger charge is -1.99. The van der Waals surface area contributed by atoms with Crippen LogP contribution in [0.4, 0.5) is 10.1 Å². The maximum absolute atomic E-state index is 12.7. The molecule has 0 saturated carbocycles. The van der Waals surface area contributed by atoms with E-state index in [1.165, 1.54) is 12.1 Å². The molecule has 0 amide bonds. The van der Waals surface area contributed by atoms with Crippen LogP contribution in [0.2, 0.25) is 0 Å². The Morgan fingerprint density at radius 1 is 1.33 bits per heavy atom. The minimum absolute atomic E-state index is 0.229. The van der Waals surface area contributed by atoms with E-state index in [0.29, 0.717) is 12.1 Å². The van der Waals surface area contributed by atoms with Gasteiger partial charge in [-0.25, -0.2) is 4.39 Å². The number of benzene rings is 1. The van der Waals surface area contributed by atoms with Crippen molar-refractivity contribution in [1.29, 1.82) is 0 Å². The molecule has 0 aliphatic heterocycles. The van der Waals surface area contributed by atoms with Crippen LogP contribution in [0.25, 0.3) is 0 Å². The number of aryl methyl sites for hydroxylation is 1. The van der Waals surface area contributed by atoms with Crippen molar-refractivity contribution in [2.24, 2.45) is 7.05 Å². The molecule has 2 N–H and O–H groups in total.